The molecule has 6 atom stereocenters. The van der Waals surface area contributed by atoms with Crippen molar-refractivity contribution in [1.82, 2.24) is 4.90 Å². The summed E-state index contributed by atoms with van der Waals surface area (Å²) in [5, 5.41) is 26.9. The summed E-state index contributed by atoms with van der Waals surface area (Å²) in [6.45, 7) is 6.88. The minimum absolute atomic E-state index is 0.0526. The number of methoxy groups -OCH3 is 1. The number of amides is 1. The number of carbonyl (C=O) groups excluding carboxylic acids is 1. The van der Waals surface area contributed by atoms with Crippen LogP contribution in [-0.4, -0.2) is 79.1 Å². The summed E-state index contributed by atoms with van der Waals surface area (Å²) < 4.78 is 37.9. The van der Waals surface area contributed by atoms with E-state index in [0.717, 1.165) is 53.2 Å². The van der Waals surface area contributed by atoms with E-state index >= 15 is 0 Å². The number of rotatable bonds is 18. The van der Waals surface area contributed by atoms with Gasteiger partial charge in [0, 0.05) is 37.7 Å². The average molecular weight is 833 g/mol. The van der Waals surface area contributed by atoms with Gasteiger partial charge in [-0.25, -0.2) is 4.79 Å². The molecule has 2 heterocycles. The summed E-state index contributed by atoms with van der Waals surface area (Å²) >= 11 is 0. The summed E-state index contributed by atoms with van der Waals surface area (Å²) in [6.07, 6.45) is 8.33. The first-order chi connectivity index (χ1) is 29.9. The van der Waals surface area contributed by atoms with E-state index in [4.69, 9.17) is 38.4 Å². The van der Waals surface area contributed by atoms with Crippen LogP contribution in [0, 0.1) is 17.8 Å². The lowest BCUT2D eigenvalue weighted by molar-refractivity contribution is -0.256. The second kappa shape index (κ2) is 19.0. The number of unbranched alkanes of at least 4 members (excludes halogenated alkanes) is 2. The van der Waals surface area contributed by atoms with Crippen molar-refractivity contribution >= 4 is 22.6 Å². The molecule has 322 valence electrons. The van der Waals surface area contributed by atoms with Crippen molar-refractivity contribution in [1.29, 1.82) is 0 Å². The molecular formula is C49H56N2O10. The summed E-state index contributed by atoms with van der Waals surface area (Å²) in [7, 11) is 1.38. The number of allylic oxidation sites excluding steroid dienone is 1. The first kappa shape index (κ1) is 42.1. The molecule has 2 aliphatic heterocycles. The fourth-order valence-corrected chi connectivity index (χ4v) is 9.88. The van der Waals surface area contributed by atoms with Gasteiger partial charge in [0.1, 0.15) is 29.9 Å². The van der Waals surface area contributed by atoms with E-state index in [-0.39, 0.29) is 57.3 Å². The normalized spacial score (nSPS) is 24.0. The van der Waals surface area contributed by atoms with Crippen LogP contribution in [0.4, 0.5) is 4.79 Å². The van der Waals surface area contributed by atoms with Crippen molar-refractivity contribution in [3.05, 3.63) is 114 Å². The van der Waals surface area contributed by atoms with Gasteiger partial charge in [-0.15, -0.1) is 6.58 Å². The monoisotopic (exact) mass is 832 g/mol. The Hall–Kier alpha value is -5.56. The lowest BCUT2D eigenvalue weighted by atomic mass is 9.55. The Balaban J connectivity index is 1.31. The van der Waals surface area contributed by atoms with Crippen molar-refractivity contribution < 1.29 is 48.3 Å². The van der Waals surface area contributed by atoms with Gasteiger partial charge in [0.05, 0.1) is 25.3 Å². The van der Waals surface area contributed by atoms with Gasteiger partial charge >= 0.3 is 6.09 Å². The molecule has 0 spiro atoms. The average Bonchev–Trinajstić information content (AvgIpc) is 3.76. The van der Waals surface area contributed by atoms with Gasteiger partial charge < -0.3 is 43.5 Å². The lowest BCUT2D eigenvalue weighted by Crippen LogP contribution is -2.70. The molecule has 1 amide bonds. The van der Waals surface area contributed by atoms with Crippen LogP contribution in [0.2, 0.25) is 0 Å². The summed E-state index contributed by atoms with van der Waals surface area (Å²) in [5.41, 5.74) is 3.42. The molecule has 1 saturated carbocycles. The lowest BCUT2D eigenvalue weighted by Gasteiger charge is -2.59. The Morgan fingerprint density at radius 3 is 2.46 bits per heavy atom. The molecule has 2 N–H and O–H groups in total. The molecule has 0 bridgehead atoms. The zero-order valence-corrected chi connectivity index (χ0v) is 35.0. The molecule has 4 aromatic carbocycles. The molecule has 8 rings (SSSR count). The molecule has 0 aromatic heterocycles. The Labute approximate surface area is 357 Å². The van der Waals surface area contributed by atoms with Gasteiger partial charge in [0.25, 0.3) is 0 Å². The first-order valence-electron chi connectivity index (χ1n) is 21.5. The Kier molecular flexibility index (Phi) is 13.1. The predicted octanol–water partition coefficient (Wildman–Crippen LogP) is 9.28. The highest BCUT2D eigenvalue weighted by Gasteiger charge is 2.65. The number of nitrogens with zero attached hydrogens (tertiary/aromatic N) is 2. The minimum Gasteiger partial charge on any atom is -0.459 e. The van der Waals surface area contributed by atoms with E-state index < -0.39 is 23.8 Å². The van der Waals surface area contributed by atoms with E-state index in [9.17, 15) is 15.0 Å². The summed E-state index contributed by atoms with van der Waals surface area (Å²) in [4.78, 5) is 21.8. The van der Waals surface area contributed by atoms with Crippen molar-refractivity contribution in [2.45, 2.75) is 76.2 Å². The van der Waals surface area contributed by atoms with E-state index in [2.05, 4.69) is 36.9 Å². The molecule has 4 aromatic rings. The smallest absolute Gasteiger partial charge is 0.410 e. The van der Waals surface area contributed by atoms with Gasteiger partial charge in [-0.2, -0.15) is 0 Å². The van der Waals surface area contributed by atoms with E-state index in [1.54, 1.807) is 11.0 Å². The van der Waals surface area contributed by atoms with Crippen LogP contribution in [0.3, 0.4) is 0 Å². The number of benzene rings is 4. The van der Waals surface area contributed by atoms with Crippen LogP contribution in [0.25, 0.3) is 10.8 Å². The molecule has 61 heavy (non-hydrogen) atoms. The molecule has 0 saturated heterocycles. The number of ether oxygens (including phenoxy) is 6. The minimum atomic E-state index is -1.44. The number of oxime groups is 1. The predicted molar refractivity (Wildman–Crippen MR) is 231 cm³/mol. The maximum atomic E-state index is 14.3. The number of carbonyl (C=O) groups is 1. The maximum absolute atomic E-state index is 14.3. The second-order valence-electron chi connectivity index (χ2n) is 16.1. The second-order valence-corrected chi connectivity index (χ2v) is 16.1. The third kappa shape index (κ3) is 8.54. The van der Waals surface area contributed by atoms with Crippen LogP contribution >= 0.6 is 0 Å². The van der Waals surface area contributed by atoms with Crippen molar-refractivity contribution in [2.75, 3.05) is 40.3 Å². The van der Waals surface area contributed by atoms with Crippen LogP contribution in [0.15, 0.2) is 108 Å². The van der Waals surface area contributed by atoms with E-state index in [1.807, 2.05) is 61.5 Å². The molecule has 12 nitrogen and oxygen atoms in total. The van der Waals surface area contributed by atoms with Crippen molar-refractivity contribution in [2.24, 2.45) is 22.9 Å². The third-order valence-corrected chi connectivity index (χ3v) is 12.5. The Morgan fingerprint density at radius 1 is 0.918 bits per heavy atom. The highest BCUT2D eigenvalue weighted by molar-refractivity contribution is 6.03. The van der Waals surface area contributed by atoms with Crippen LogP contribution < -0.4 is 18.9 Å². The van der Waals surface area contributed by atoms with Crippen LogP contribution in [0.1, 0.15) is 68.9 Å². The summed E-state index contributed by atoms with van der Waals surface area (Å²) in [6, 6.07) is 25.1. The largest absolute Gasteiger partial charge is 0.459 e. The molecule has 0 unspecified atom stereocenters. The van der Waals surface area contributed by atoms with Gasteiger partial charge in [0.2, 0.25) is 12.6 Å². The number of aliphatic hydroxyl groups is 2. The Morgan fingerprint density at radius 2 is 1.67 bits per heavy atom. The van der Waals surface area contributed by atoms with Gasteiger partial charge in [-0.1, -0.05) is 66.5 Å². The fourth-order valence-electron chi connectivity index (χ4n) is 9.88. The molecule has 2 aliphatic carbocycles. The number of fused-ring (bicyclic) bond motifs is 4. The Bertz CT molecular complexity index is 2260. The third-order valence-electron chi connectivity index (χ3n) is 12.5. The zero-order valence-electron chi connectivity index (χ0n) is 35.0. The molecule has 1 fully saturated rings. The van der Waals surface area contributed by atoms with Crippen LogP contribution in [-0.2, 0) is 20.9 Å². The van der Waals surface area contributed by atoms with E-state index in [1.165, 1.54) is 7.11 Å². The van der Waals surface area contributed by atoms with Gasteiger partial charge in [-0.3, -0.25) is 4.90 Å². The van der Waals surface area contributed by atoms with Crippen molar-refractivity contribution in [3.8, 4) is 28.7 Å². The fraction of sp³-hybridized carbons (Fsp3) is 0.429. The van der Waals surface area contributed by atoms with Crippen molar-refractivity contribution in [3.63, 3.8) is 0 Å². The highest BCUT2D eigenvalue weighted by atomic mass is 16.7. The highest BCUT2D eigenvalue weighted by Crippen LogP contribution is 2.62. The number of hydrogen-bond acceptors (Lipinski definition) is 11. The molecule has 12 heteroatoms. The quantitative estimate of drug-likeness (QED) is 0.0567. The molecule has 4 aliphatic rings. The van der Waals surface area contributed by atoms with E-state index in [0.29, 0.717) is 53.9 Å². The maximum Gasteiger partial charge on any atom is 0.410 e. The number of hydrogen-bond donors (Lipinski definition) is 2. The SMILES string of the molecule is C=CCO[C@@]12Oc3ccc(Oc4ccc5ccccc5c4)cc3[C@H]3[C@H](CCCCO)[C@@H](CCCCO)C=C(C(=NOCC)C[C@@H]1N(Cc1ccc4c(c1)OCO4)C(=O)OC)[C@H]32. The number of aliphatic hydroxyl groups excluding tert-OH is 2. The topological polar surface area (TPSA) is 138 Å². The first-order valence-corrected chi connectivity index (χ1v) is 21.5. The van der Waals surface area contributed by atoms with Gasteiger partial charge in [-0.05, 0) is 109 Å². The van der Waals surface area contributed by atoms with Gasteiger partial charge in [0.15, 0.2) is 11.5 Å². The zero-order chi connectivity index (χ0) is 42.3. The molecular weight excluding hydrogens is 777 g/mol. The standard InChI is InChI=1S/C49H56N2O10/c1-4-24-58-49-45(51(48(54)55-3)30-32-16-20-43-44(25-32)57-31-56-43)29-41(50-59-5-2)39-27-35(14-8-10-22-52)38(15-9-11-23-53)46(47(39)49)40-28-37(19-21-42(40)61-49)60-36-18-17-33-12-6-7-13-34(33)26-36/h4,6-7,12-13,16-21,25-28,35,38,45-47,52-53H,1,5,8-11,14-15,22-24,29-31H2,2-3H3/t35-,38+,45-,46+,47+,49+/m0/s1. The molecule has 0 radical (unpaired) electrons. The van der Waals surface area contributed by atoms with Crippen LogP contribution in [0.5, 0.6) is 28.7 Å². The summed E-state index contributed by atoms with van der Waals surface area (Å²) in [5.74, 6) is 1.24.